The van der Waals surface area contributed by atoms with Crippen LogP contribution in [0, 0.1) is 0 Å². The van der Waals surface area contributed by atoms with E-state index in [1.807, 2.05) is 14.1 Å². The van der Waals surface area contributed by atoms with E-state index in [1.165, 1.54) is 11.1 Å². The number of nitrogens with zero attached hydrogens (tertiary/aromatic N) is 7. The van der Waals surface area contributed by atoms with Gasteiger partial charge in [0.2, 0.25) is 0 Å². The molecule has 2 fully saturated rings. The maximum absolute atomic E-state index is 10.4. The summed E-state index contributed by atoms with van der Waals surface area (Å²) in [6.07, 6.45) is 14.7. The topological polar surface area (TPSA) is 107 Å². The highest BCUT2D eigenvalue weighted by molar-refractivity contribution is 5.79. The Bertz CT molecular complexity index is 1610. The lowest BCUT2D eigenvalue weighted by molar-refractivity contribution is -0.671. The van der Waals surface area contributed by atoms with Crippen LogP contribution in [-0.4, -0.2) is 45.6 Å². The molecule has 5 heterocycles. The van der Waals surface area contributed by atoms with E-state index in [-0.39, 0.29) is 11.6 Å². The lowest BCUT2D eigenvalue weighted by Crippen LogP contribution is -2.33. The van der Waals surface area contributed by atoms with Crippen molar-refractivity contribution in [3.8, 4) is 5.75 Å². The third-order valence-corrected chi connectivity index (χ3v) is 8.83. The molecule has 2 aromatic carbocycles. The standard InChI is InChI=1S/C33H39N10O/c1-38-15-17-42(22-38)40-13-11-26(20-40)24-3-7-28(8-4-24)35-30-19-31(44)32(34)37-33(30)36-29-9-5-25(6-10-29)27-12-14-41(21-27)43-18-16-39(2)23-43/h3-10,15-19,22-23,26-27,35H,11-14,20-21H2,1-2H3,(H3-,34,36,37,44)/q+1/p+1. The van der Waals surface area contributed by atoms with E-state index in [9.17, 15) is 5.11 Å². The Morgan fingerprint density at radius 2 is 1.27 bits per heavy atom. The number of nitrogens with two attached hydrogens (primary N) is 1. The fourth-order valence-corrected chi connectivity index (χ4v) is 6.33. The zero-order valence-electron chi connectivity index (χ0n) is 25.2. The Labute approximate surface area is 257 Å². The fourth-order valence-electron chi connectivity index (χ4n) is 6.33. The van der Waals surface area contributed by atoms with Gasteiger partial charge >= 0.3 is 0 Å². The van der Waals surface area contributed by atoms with Crippen molar-refractivity contribution in [1.82, 2.24) is 14.3 Å². The van der Waals surface area contributed by atoms with Gasteiger partial charge in [0.05, 0.1) is 46.0 Å². The summed E-state index contributed by atoms with van der Waals surface area (Å²) < 4.78 is 8.47. The van der Waals surface area contributed by atoms with Gasteiger partial charge in [-0.15, -0.1) is 9.35 Å². The molecule has 0 amide bonds. The molecule has 0 bridgehead atoms. The van der Waals surface area contributed by atoms with Crippen molar-refractivity contribution in [1.29, 1.82) is 0 Å². The Morgan fingerprint density at radius 3 is 1.75 bits per heavy atom. The number of imidazole rings is 2. The van der Waals surface area contributed by atoms with Crippen LogP contribution in [0.1, 0.15) is 35.8 Å². The van der Waals surface area contributed by atoms with E-state index >= 15 is 0 Å². The predicted octanol–water partition coefficient (Wildman–Crippen LogP) is 3.36. The molecule has 3 aromatic heterocycles. The number of aryl methyl sites for hydroxylation is 2. The first-order chi connectivity index (χ1) is 21.4. The molecule has 5 aromatic rings. The Balaban J connectivity index is 1.01. The Kier molecular flexibility index (Phi) is 7.21. The van der Waals surface area contributed by atoms with Crippen molar-refractivity contribution in [3.63, 3.8) is 0 Å². The molecule has 11 heteroatoms. The van der Waals surface area contributed by atoms with Gasteiger partial charge in [0.1, 0.15) is 12.4 Å². The van der Waals surface area contributed by atoms with Crippen LogP contribution in [0.3, 0.4) is 0 Å². The molecule has 7 rings (SSSR count). The number of hydrogen-bond acceptors (Lipinski definition) is 7. The highest BCUT2D eigenvalue weighted by Crippen LogP contribution is 2.35. The second kappa shape index (κ2) is 11.5. The number of aromatic nitrogens is 5. The third kappa shape index (κ3) is 5.72. The molecule has 226 valence electrons. The SMILES string of the molecule is C[n+]1ccn(N2CCC(c3ccc(Nc4cc(O)c(N)nc4Nc4ccc(C5CCN(n6cc[n+](C)c6)C5)cc4)cc3)C2)c1. The number of hydrogen-bond donors (Lipinski definition) is 4. The molecular weight excluding hydrogens is 552 g/mol. The molecule has 0 spiro atoms. The molecule has 5 N–H and O–H groups in total. The minimum atomic E-state index is -0.0587. The van der Waals surface area contributed by atoms with Crippen molar-refractivity contribution in [2.75, 3.05) is 52.6 Å². The van der Waals surface area contributed by atoms with Gasteiger partial charge in [0, 0.05) is 29.3 Å². The molecule has 11 nitrogen and oxygen atoms in total. The molecule has 2 unspecified atom stereocenters. The second-order valence-electron chi connectivity index (χ2n) is 12.0. The predicted molar refractivity (Wildman–Crippen MR) is 172 cm³/mol. The van der Waals surface area contributed by atoms with E-state index in [4.69, 9.17) is 5.73 Å². The fraction of sp³-hybridized carbons (Fsp3) is 0.303. The van der Waals surface area contributed by atoms with E-state index in [0.29, 0.717) is 23.3 Å². The van der Waals surface area contributed by atoms with Crippen molar-refractivity contribution < 1.29 is 14.2 Å². The summed E-state index contributed by atoms with van der Waals surface area (Å²) >= 11 is 0. The van der Waals surface area contributed by atoms with E-state index in [0.717, 1.165) is 50.4 Å². The van der Waals surface area contributed by atoms with Crippen LogP contribution in [0.4, 0.5) is 28.7 Å². The lowest BCUT2D eigenvalue weighted by Gasteiger charge is -2.17. The summed E-state index contributed by atoms with van der Waals surface area (Å²) in [5.41, 5.74) is 11.1. The molecule has 44 heavy (non-hydrogen) atoms. The summed E-state index contributed by atoms with van der Waals surface area (Å²) in [6, 6.07) is 18.7. The molecule has 2 aliphatic rings. The Morgan fingerprint density at radius 1 is 0.773 bits per heavy atom. The first-order valence-electron chi connectivity index (χ1n) is 15.2. The van der Waals surface area contributed by atoms with Crippen LogP contribution in [0.2, 0.25) is 0 Å². The molecule has 2 aliphatic heterocycles. The minimum Gasteiger partial charge on any atom is -0.504 e. The first-order valence-corrected chi connectivity index (χ1v) is 15.2. The lowest BCUT2D eigenvalue weighted by atomic mass is 9.98. The first kappa shape index (κ1) is 27.6. The third-order valence-electron chi connectivity index (χ3n) is 8.83. The van der Waals surface area contributed by atoms with Gasteiger partial charge in [-0.05, 0) is 48.2 Å². The molecule has 0 aliphatic carbocycles. The number of nitrogen functional groups attached to an aromatic ring is 1. The summed E-state index contributed by atoms with van der Waals surface area (Å²) in [5, 5.41) is 21.9. The van der Waals surface area contributed by atoms with Gasteiger partial charge < -0.3 is 21.5 Å². The normalized spacial score (nSPS) is 18.2. The minimum absolute atomic E-state index is 0.0587. The van der Waals surface area contributed by atoms with Gasteiger partial charge in [-0.25, -0.2) is 24.1 Å². The number of aromatic hydroxyl groups is 1. The van der Waals surface area contributed by atoms with E-state index in [2.05, 4.69) is 130 Å². The number of pyridine rings is 1. The monoisotopic (exact) mass is 592 g/mol. The van der Waals surface area contributed by atoms with Crippen molar-refractivity contribution in [2.45, 2.75) is 24.7 Å². The van der Waals surface area contributed by atoms with Gasteiger partial charge in [-0.2, -0.15) is 0 Å². The van der Waals surface area contributed by atoms with Crippen molar-refractivity contribution >= 4 is 28.7 Å². The number of nitrogens with one attached hydrogen (secondary N) is 2. The van der Waals surface area contributed by atoms with E-state index in [1.54, 1.807) is 6.07 Å². The maximum Gasteiger partial charge on any atom is 0.267 e. The molecule has 0 saturated carbocycles. The van der Waals surface area contributed by atoms with Crippen LogP contribution in [0.5, 0.6) is 5.75 Å². The highest BCUT2D eigenvalue weighted by atomic mass is 16.3. The number of rotatable bonds is 8. The highest BCUT2D eigenvalue weighted by Gasteiger charge is 2.28. The largest absolute Gasteiger partial charge is 0.504 e. The summed E-state index contributed by atoms with van der Waals surface area (Å²) in [4.78, 5) is 4.46. The second-order valence-corrected chi connectivity index (χ2v) is 12.0. The van der Waals surface area contributed by atoms with Crippen LogP contribution in [-0.2, 0) is 14.1 Å². The summed E-state index contributed by atoms with van der Waals surface area (Å²) in [5.74, 6) is 1.52. The van der Waals surface area contributed by atoms with Crippen molar-refractivity contribution in [2.24, 2.45) is 14.1 Å². The zero-order valence-corrected chi connectivity index (χ0v) is 25.2. The average Bonchev–Trinajstić information content (AvgIpc) is 3.84. The Hall–Kier alpha value is -5.19. The van der Waals surface area contributed by atoms with Gasteiger partial charge in [-0.3, -0.25) is 0 Å². The number of benzene rings is 2. The average molecular weight is 593 g/mol. The van der Waals surface area contributed by atoms with E-state index < -0.39 is 0 Å². The zero-order chi connectivity index (χ0) is 30.2. The smallest absolute Gasteiger partial charge is 0.267 e. The molecule has 2 saturated heterocycles. The summed E-state index contributed by atoms with van der Waals surface area (Å²) in [7, 11) is 4.08. The van der Waals surface area contributed by atoms with Crippen LogP contribution in [0.15, 0.2) is 92.0 Å². The van der Waals surface area contributed by atoms with Gasteiger partial charge in [0.25, 0.3) is 12.7 Å². The van der Waals surface area contributed by atoms with Crippen LogP contribution in [0.25, 0.3) is 0 Å². The molecule has 2 atom stereocenters. The van der Waals surface area contributed by atoms with Crippen molar-refractivity contribution in [3.05, 3.63) is 103 Å². The van der Waals surface area contributed by atoms with Gasteiger partial charge in [0.15, 0.2) is 29.8 Å². The van der Waals surface area contributed by atoms with Crippen LogP contribution >= 0.6 is 0 Å². The number of anilines is 5. The molecular formula is C33H40N10O+2. The quantitative estimate of drug-likeness (QED) is 0.205. The summed E-state index contributed by atoms with van der Waals surface area (Å²) in [6.45, 7) is 4.01. The van der Waals surface area contributed by atoms with Gasteiger partial charge in [-0.1, -0.05) is 24.3 Å². The van der Waals surface area contributed by atoms with Crippen LogP contribution < -0.4 is 35.5 Å². The maximum atomic E-state index is 10.4. The molecule has 0 radical (unpaired) electrons.